The zero-order valence-electron chi connectivity index (χ0n) is 8.64. The minimum Gasteiger partial charge on any atom is -0.296 e. The highest BCUT2D eigenvalue weighted by Gasteiger charge is 2.23. The van der Waals surface area contributed by atoms with Crippen LogP contribution in [0.2, 0.25) is 0 Å². The molecule has 14 heavy (non-hydrogen) atoms. The Balaban J connectivity index is 2.42. The topological polar surface area (TPSA) is 40.3 Å². The smallest absolute Gasteiger partial charge is 0.151 e. The van der Waals surface area contributed by atoms with E-state index in [0.717, 1.165) is 17.1 Å². The first-order chi connectivity index (χ1) is 6.74. The van der Waals surface area contributed by atoms with Crippen LogP contribution in [-0.2, 0) is 10.9 Å². The molecule has 0 aromatic heterocycles. The fourth-order valence-electron chi connectivity index (χ4n) is 1.36. The summed E-state index contributed by atoms with van der Waals surface area (Å²) in [5.41, 5.74) is 1.10. The van der Waals surface area contributed by atoms with Crippen LogP contribution < -0.4 is 0 Å². The predicted molar refractivity (Wildman–Crippen MR) is 61.0 cm³/mol. The molecule has 0 aromatic carbocycles. The molecule has 2 heterocycles. The van der Waals surface area contributed by atoms with Crippen LogP contribution in [0.15, 0.2) is 25.1 Å². The van der Waals surface area contributed by atoms with Crippen molar-refractivity contribution >= 4 is 23.6 Å². The monoisotopic (exact) mass is 210 g/mol. The number of hydrogen-bond donors (Lipinski definition) is 0. The first-order valence-electron chi connectivity index (χ1n) is 4.73. The molecule has 0 radical (unpaired) electrons. The number of aliphatic imine (C=N–C) groups is 2. The molecule has 0 saturated carbocycles. The highest BCUT2D eigenvalue weighted by molar-refractivity contribution is 7.90. The van der Waals surface area contributed by atoms with Crippen LogP contribution in [0.25, 0.3) is 0 Å². The van der Waals surface area contributed by atoms with Crippen molar-refractivity contribution in [3.05, 3.63) is 10.7 Å². The zero-order valence-corrected chi connectivity index (χ0v) is 9.45. The van der Waals surface area contributed by atoms with Crippen molar-refractivity contribution in [1.29, 1.82) is 0 Å². The van der Waals surface area contributed by atoms with Gasteiger partial charge in [0.25, 0.3) is 0 Å². The van der Waals surface area contributed by atoms with Gasteiger partial charge in [0.05, 0.1) is 16.6 Å². The molecule has 0 amide bonds. The summed E-state index contributed by atoms with van der Waals surface area (Å²) in [7, 11) is 1.78. The summed E-state index contributed by atoms with van der Waals surface area (Å²) in [6.07, 6.45) is 4.59. The maximum atomic E-state index is 4.37. The van der Waals surface area contributed by atoms with Gasteiger partial charge in [-0.05, 0) is 6.42 Å². The number of hydrogen-bond acceptors (Lipinski definition) is 4. The highest BCUT2D eigenvalue weighted by Crippen LogP contribution is 2.29. The lowest BCUT2D eigenvalue weighted by Gasteiger charge is -2.17. The van der Waals surface area contributed by atoms with Crippen molar-refractivity contribution in [2.45, 2.75) is 20.3 Å². The van der Waals surface area contributed by atoms with Crippen LogP contribution in [0.5, 0.6) is 0 Å². The van der Waals surface area contributed by atoms with Crippen molar-refractivity contribution in [3.8, 4) is 0 Å². The Hall–Kier alpha value is -0.970. The summed E-state index contributed by atoms with van der Waals surface area (Å²) in [5, 5.41) is 1.05. The average Bonchev–Trinajstić information content (AvgIpc) is 2.59. The highest BCUT2D eigenvalue weighted by atomic mass is 32.2. The van der Waals surface area contributed by atoms with Crippen LogP contribution in [0.1, 0.15) is 20.3 Å². The van der Waals surface area contributed by atoms with Gasteiger partial charge in [-0.2, -0.15) is 4.36 Å². The Morgan fingerprint density at radius 3 is 3.00 bits per heavy atom. The molecule has 2 aliphatic heterocycles. The molecule has 0 aliphatic carbocycles. The third-order valence-corrected chi connectivity index (χ3v) is 4.02. The molecule has 0 N–H and O–H groups in total. The van der Waals surface area contributed by atoms with E-state index in [1.165, 1.54) is 0 Å². The predicted octanol–water partition coefficient (Wildman–Crippen LogP) is 1.93. The third-order valence-electron chi connectivity index (χ3n) is 2.43. The minimum atomic E-state index is -0.216. The van der Waals surface area contributed by atoms with Crippen LogP contribution in [0, 0.1) is 5.92 Å². The van der Waals surface area contributed by atoms with Crippen molar-refractivity contribution in [1.82, 2.24) is 4.31 Å². The lowest BCUT2D eigenvalue weighted by molar-refractivity contribution is 0.645. The zero-order chi connectivity index (χ0) is 10.1. The van der Waals surface area contributed by atoms with E-state index in [2.05, 4.69) is 28.2 Å². The van der Waals surface area contributed by atoms with Crippen LogP contribution in [0.3, 0.4) is 0 Å². The van der Waals surface area contributed by atoms with Gasteiger partial charge < -0.3 is 0 Å². The lowest BCUT2D eigenvalue weighted by atomic mass is 10.1. The van der Waals surface area contributed by atoms with Gasteiger partial charge in [0, 0.05) is 13.0 Å². The molecule has 2 rings (SSSR count). The molecule has 0 saturated heterocycles. The summed E-state index contributed by atoms with van der Waals surface area (Å²) in [4.78, 5) is 8.71. The first-order valence-corrected chi connectivity index (χ1v) is 5.87. The van der Waals surface area contributed by atoms with Gasteiger partial charge in [-0.1, -0.05) is 13.8 Å². The largest absolute Gasteiger partial charge is 0.296 e. The molecule has 0 bridgehead atoms. The summed E-state index contributed by atoms with van der Waals surface area (Å²) >= 11 is 0. The summed E-state index contributed by atoms with van der Waals surface area (Å²) in [6.45, 7) is 4.35. The fourth-order valence-corrected chi connectivity index (χ4v) is 2.74. The lowest BCUT2D eigenvalue weighted by Crippen LogP contribution is -2.16. The van der Waals surface area contributed by atoms with E-state index in [1.54, 1.807) is 6.34 Å². The fraction of sp³-hybridized carbons (Fsp3) is 0.556. The third kappa shape index (κ3) is 1.41. The van der Waals surface area contributed by atoms with E-state index >= 15 is 0 Å². The van der Waals surface area contributed by atoms with E-state index in [-0.39, 0.29) is 10.9 Å². The second-order valence-electron chi connectivity index (χ2n) is 3.40. The van der Waals surface area contributed by atoms with Crippen LogP contribution >= 0.6 is 0 Å². The summed E-state index contributed by atoms with van der Waals surface area (Å²) in [6, 6.07) is 0. The summed E-state index contributed by atoms with van der Waals surface area (Å²) in [5.74, 6) is 0.468. The van der Waals surface area contributed by atoms with Crippen molar-refractivity contribution < 1.29 is 0 Å². The first kappa shape index (κ1) is 9.58. The van der Waals surface area contributed by atoms with Crippen molar-refractivity contribution in [2.75, 3.05) is 7.05 Å². The van der Waals surface area contributed by atoms with E-state index < -0.39 is 0 Å². The summed E-state index contributed by atoms with van der Waals surface area (Å²) < 4.78 is 6.35. The molecule has 2 aliphatic rings. The Morgan fingerprint density at radius 1 is 1.50 bits per heavy atom. The maximum Gasteiger partial charge on any atom is 0.151 e. The molecule has 2 unspecified atom stereocenters. The molecule has 76 valence electrons. The van der Waals surface area contributed by atoms with Crippen LogP contribution in [0.4, 0.5) is 0 Å². The van der Waals surface area contributed by atoms with E-state index in [4.69, 9.17) is 0 Å². The normalized spacial score (nSPS) is 26.5. The average molecular weight is 210 g/mol. The van der Waals surface area contributed by atoms with Gasteiger partial charge in [-0.3, -0.25) is 4.31 Å². The second kappa shape index (κ2) is 3.65. The van der Waals surface area contributed by atoms with Crippen molar-refractivity contribution in [3.63, 3.8) is 0 Å². The SMILES string of the molecule is CCC(C)C1=C2N=CN(C)S2=NC=N1. The minimum absolute atomic E-state index is 0.216. The maximum absolute atomic E-state index is 4.37. The Morgan fingerprint density at radius 2 is 2.29 bits per heavy atom. The van der Waals surface area contributed by atoms with E-state index in [1.807, 2.05) is 17.7 Å². The molecular formula is C9H14N4S. The second-order valence-corrected chi connectivity index (χ2v) is 5.11. The standard InChI is InChI=1S/C9H14N4S/c1-4-7(2)8-9-11-6-13(3)14(9)12-5-10-8/h5-7H,4H2,1-3H3. The quantitative estimate of drug-likeness (QED) is 0.686. The van der Waals surface area contributed by atoms with Crippen molar-refractivity contribution in [2.24, 2.45) is 20.3 Å². The van der Waals surface area contributed by atoms with E-state index in [9.17, 15) is 0 Å². The number of fused-ring (bicyclic) bond motifs is 1. The number of allylic oxidation sites excluding steroid dienone is 1. The number of rotatable bonds is 2. The van der Waals surface area contributed by atoms with Gasteiger partial charge in [0.2, 0.25) is 0 Å². The van der Waals surface area contributed by atoms with Gasteiger partial charge in [-0.15, -0.1) is 0 Å². The number of nitrogens with zero attached hydrogens (tertiary/aromatic N) is 4. The Kier molecular flexibility index (Phi) is 2.50. The molecule has 5 heteroatoms. The molecular weight excluding hydrogens is 196 g/mol. The van der Waals surface area contributed by atoms with E-state index in [0.29, 0.717) is 5.92 Å². The van der Waals surface area contributed by atoms with Gasteiger partial charge in [-0.25, -0.2) is 9.98 Å². The van der Waals surface area contributed by atoms with Gasteiger partial charge in [0.15, 0.2) is 5.03 Å². The molecule has 4 nitrogen and oxygen atoms in total. The molecule has 2 atom stereocenters. The van der Waals surface area contributed by atoms with Gasteiger partial charge >= 0.3 is 0 Å². The van der Waals surface area contributed by atoms with Gasteiger partial charge in [0.1, 0.15) is 12.7 Å². The molecule has 0 spiro atoms. The Bertz CT molecular complexity index is 367. The Labute approximate surface area is 86.7 Å². The van der Waals surface area contributed by atoms with Crippen LogP contribution in [-0.4, -0.2) is 24.0 Å². The molecule has 0 aromatic rings. The molecule has 0 fully saturated rings.